The molecule has 0 saturated heterocycles. The van der Waals surface area contributed by atoms with Crippen LogP contribution in [0.2, 0.25) is 0 Å². The zero-order valence-electron chi connectivity index (χ0n) is 12.0. The van der Waals surface area contributed by atoms with Gasteiger partial charge in [-0.05, 0) is 12.3 Å². The number of halogens is 3. The predicted octanol–water partition coefficient (Wildman–Crippen LogP) is 0.807. The third-order valence-electron chi connectivity index (χ3n) is 3.36. The van der Waals surface area contributed by atoms with Crippen molar-refractivity contribution in [1.29, 1.82) is 0 Å². The Kier molecular flexibility index (Phi) is 5.77. The monoisotopic (exact) mass is 307 g/mol. The second kappa shape index (κ2) is 6.93. The van der Waals surface area contributed by atoms with E-state index in [4.69, 9.17) is 5.73 Å². The van der Waals surface area contributed by atoms with E-state index in [1.165, 1.54) is 4.90 Å². The highest BCUT2D eigenvalue weighted by atomic mass is 19.4. The Morgan fingerprint density at radius 3 is 2.48 bits per heavy atom. The van der Waals surface area contributed by atoms with Gasteiger partial charge in [-0.1, -0.05) is 19.9 Å². The summed E-state index contributed by atoms with van der Waals surface area (Å²) in [6.07, 6.45) is -3.56. The van der Waals surface area contributed by atoms with Crippen LogP contribution in [0.4, 0.5) is 13.2 Å². The van der Waals surface area contributed by atoms with Crippen LogP contribution >= 0.6 is 0 Å². The van der Waals surface area contributed by atoms with Crippen molar-refractivity contribution >= 4 is 11.8 Å². The first kappa shape index (κ1) is 17.5. The van der Waals surface area contributed by atoms with Crippen molar-refractivity contribution < 1.29 is 22.8 Å². The van der Waals surface area contributed by atoms with Crippen LogP contribution in [0.1, 0.15) is 20.3 Å². The molecule has 0 aromatic heterocycles. The molecule has 1 aliphatic rings. The Bertz CT molecular complexity index is 433. The molecule has 1 atom stereocenters. The van der Waals surface area contributed by atoms with Crippen LogP contribution in [0.3, 0.4) is 0 Å². The molecule has 3 N–H and O–H groups in total. The van der Waals surface area contributed by atoms with Crippen LogP contribution in [-0.4, -0.2) is 48.6 Å². The summed E-state index contributed by atoms with van der Waals surface area (Å²) < 4.78 is 37.3. The van der Waals surface area contributed by atoms with Crippen LogP contribution in [0, 0.1) is 5.92 Å². The minimum absolute atomic E-state index is 0.00369. The number of nitrogens with one attached hydrogen (secondary N) is 1. The normalized spacial score (nSPS) is 17.5. The third-order valence-corrected chi connectivity index (χ3v) is 3.36. The first-order chi connectivity index (χ1) is 9.62. The number of nitrogens with two attached hydrogens (primary N) is 1. The fourth-order valence-electron chi connectivity index (χ4n) is 1.85. The maximum atomic E-state index is 12.4. The highest BCUT2D eigenvalue weighted by molar-refractivity contribution is 5.87. The van der Waals surface area contributed by atoms with Crippen LogP contribution in [0.5, 0.6) is 0 Å². The van der Waals surface area contributed by atoms with Gasteiger partial charge >= 0.3 is 6.18 Å². The molecule has 120 valence electrons. The molecule has 0 saturated carbocycles. The number of rotatable bonds is 4. The van der Waals surface area contributed by atoms with Crippen molar-refractivity contribution in [2.45, 2.75) is 32.5 Å². The Morgan fingerprint density at radius 2 is 2.05 bits per heavy atom. The third kappa shape index (κ3) is 5.04. The van der Waals surface area contributed by atoms with Gasteiger partial charge in [0, 0.05) is 18.7 Å². The van der Waals surface area contributed by atoms with Crippen LogP contribution in [0.15, 0.2) is 11.6 Å². The van der Waals surface area contributed by atoms with Crippen molar-refractivity contribution in [3.63, 3.8) is 0 Å². The molecule has 0 aliphatic carbocycles. The lowest BCUT2D eigenvalue weighted by molar-refractivity contribution is -0.134. The summed E-state index contributed by atoms with van der Waals surface area (Å²) in [6, 6.07) is -0.712. The molecule has 1 rings (SSSR count). The lowest BCUT2D eigenvalue weighted by atomic mass is 10.1. The predicted molar refractivity (Wildman–Crippen MR) is 71.2 cm³/mol. The zero-order chi connectivity index (χ0) is 16.2. The van der Waals surface area contributed by atoms with E-state index in [0.717, 1.165) is 6.08 Å². The highest BCUT2D eigenvalue weighted by Crippen LogP contribution is 2.29. The van der Waals surface area contributed by atoms with Gasteiger partial charge < -0.3 is 16.0 Å². The van der Waals surface area contributed by atoms with Crippen molar-refractivity contribution in [1.82, 2.24) is 10.2 Å². The number of carbonyl (C=O) groups excluding carboxylic acids is 2. The molecule has 0 fully saturated rings. The Hall–Kier alpha value is -1.57. The maximum absolute atomic E-state index is 12.4. The van der Waals surface area contributed by atoms with Crippen LogP contribution < -0.4 is 11.1 Å². The molecule has 8 heteroatoms. The Balaban J connectivity index is 2.45. The summed E-state index contributed by atoms with van der Waals surface area (Å²) in [7, 11) is 0. The molecule has 0 radical (unpaired) electrons. The van der Waals surface area contributed by atoms with E-state index in [2.05, 4.69) is 5.32 Å². The standard InChI is InChI=1S/C13H20F3N3O2/c1-8(2)11(17)12(21)18-7-10(20)19-5-3-9(4-6-19)13(14,15)16/h3,8,11H,4-7,17H2,1-2H3,(H,18,21)/t11-/m0/s1. The molecule has 0 bridgehead atoms. The molecular weight excluding hydrogens is 287 g/mol. The lowest BCUT2D eigenvalue weighted by Gasteiger charge is -2.27. The number of hydrogen-bond acceptors (Lipinski definition) is 3. The minimum Gasteiger partial charge on any atom is -0.346 e. The average Bonchev–Trinajstić information content (AvgIpc) is 2.42. The van der Waals surface area contributed by atoms with Crippen LogP contribution in [0.25, 0.3) is 0 Å². The Morgan fingerprint density at radius 1 is 1.43 bits per heavy atom. The first-order valence-corrected chi connectivity index (χ1v) is 6.70. The summed E-state index contributed by atoms with van der Waals surface area (Å²) in [5.74, 6) is -0.925. The zero-order valence-corrected chi connectivity index (χ0v) is 12.0. The quantitative estimate of drug-likeness (QED) is 0.755. The summed E-state index contributed by atoms with van der Waals surface area (Å²) in [4.78, 5) is 24.7. The number of amides is 2. The van der Waals surface area contributed by atoms with Gasteiger partial charge in [-0.3, -0.25) is 9.59 Å². The first-order valence-electron chi connectivity index (χ1n) is 6.70. The second-order valence-corrected chi connectivity index (χ2v) is 5.30. The molecule has 5 nitrogen and oxygen atoms in total. The average molecular weight is 307 g/mol. The van der Waals surface area contributed by atoms with Crippen molar-refractivity contribution in [3.05, 3.63) is 11.6 Å². The summed E-state index contributed by atoms with van der Waals surface area (Å²) in [5, 5.41) is 2.40. The van der Waals surface area contributed by atoms with E-state index in [1.54, 1.807) is 13.8 Å². The number of alkyl halides is 3. The van der Waals surface area contributed by atoms with Crippen molar-refractivity contribution in [2.75, 3.05) is 19.6 Å². The minimum atomic E-state index is -4.34. The topological polar surface area (TPSA) is 75.4 Å². The van der Waals surface area contributed by atoms with Gasteiger partial charge in [-0.2, -0.15) is 13.2 Å². The summed E-state index contributed by atoms with van der Waals surface area (Å²) in [6.45, 7) is 3.20. The van der Waals surface area contributed by atoms with Crippen molar-refractivity contribution in [2.24, 2.45) is 11.7 Å². The van der Waals surface area contributed by atoms with Gasteiger partial charge in [0.15, 0.2) is 0 Å². The number of nitrogens with zero attached hydrogens (tertiary/aromatic N) is 1. The fraction of sp³-hybridized carbons (Fsp3) is 0.692. The van der Waals surface area contributed by atoms with Gasteiger partial charge in [0.05, 0.1) is 12.6 Å². The smallest absolute Gasteiger partial charge is 0.346 e. The molecular formula is C13H20F3N3O2. The van der Waals surface area contributed by atoms with Gasteiger partial charge in [-0.25, -0.2) is 0 Å². The summed E-state index contributed by atoms with van der Waals surface area (Å²) in [5.41, 5.74) is 5.01. The molecule has 0 aromatic rings. The molecule has 21 heavy (non-hydrogen) atoms. The SMILES string of the molecule is CC(C)[C@H](N)C(=O)NCC(=O)N1CC=C(C(F)(F)F)CC1. The molecule has 0 aromatic carbocycles. The van der Waals surface area contributed by atoms with E-state index in [1.807, 2.05) is 0 Å². The second-order valence-electron chi connectivity index (χ2n) is 5.30. The molecule has 2 amide bonds. The molecule has 1 heterocycles. The summed E-state index contributed by atoms with van der Waals surface area (Å²) >= 11 is 0. The van der Waals surface area contributed by atoms with Gasteiger partial charge in [0.2, 0.25) is 11.8 Å². The van der Waals surface area contributed by atoms with E-state index in [0.29, 0.717) is 0 Å². The van der Waals surface area contributed by atoms with Crippen molar-refractivity contribution in [3.8, 4) is 0 Å². The number of hydrogen-bond donors (Lipinski definition) is 2. The fourth-order valence-corrected chi connectivity index (χ4v) is 1.85. The van der Waals surface area contributed by atoms with Gasteiger partial charge in [0.1, 0.15) is 0 Å². The van der Waals surface area contributed by atoms with E-state index >= 15 is 0 Å². The van der Waals surface area contributed by atoms with E-state index in [9.17, 15) is 22.8 Å². The van der Waals surface area contributed by atoms with Gasteiger partial charge in [0.25, 0.3) is 0 Å². The van der Waals surface area contributed by atoms with Gasteiger partial charge in [-0.15, -0.1) is 0 Å². The molecule has 0 unspecified atom stereocenters. The number of carbonyl (C=O) groups is 2. The van der Waals surface area contributed by atoms with E-state index in [-0.39, 0.29) is 32.0 Å². The van der Waals surface area contributed by atoms with E-state index < -0.39 is 29.6 Å². The highest BCUT2D eigenvalue weighted by Gasteiger charge is 2.35. The maximum Gasteiger partial charge on any atom is 0.412 e. The largest absolute Gasteiger partial charge is 0.412 e. The molecule has 0 spiro atoms. The molecule has 1 aliphatic heterocycles. The van der Waals surface area contributed by atoms with Crippen LogP contribution in [-0.2, 0) is 9.59 Å². The Labute approximate surface area is 121 Å². The lowest BCUT2D eigenvalue weighted by Crippen LogP contribution is -2.48.